The third kappa shape index (κ3) is 45.5. The Labute approximate surface area is 399 Å². The maximum Gasteiger partial charge on any atom is 0.488 e. The maximum atomic E-state index is 12.7. The molecule has 0 saturated heterocycles. The van der Waals surface area contributed by atoms with E-state index in [0.29, 0.717) is 38.5 Å². The highest BCUT2D eigenvalue weighted by Crippen LogP contribution is 2.21. The average molecular weight is 943 g/mol. The van der Waals surface area contributed by atoms with Gasteiger partial charge in [0.2, 0.25) is 0 Å². The van der Waals surface area contributed by atoms with Crippen molar-refractivity contribution in [3.05, 3.63) is 0 Å². The summed E-state index contributed by atoms with van der Waals surface area (Å²) in [4.78, 5) is 61.6. The first-order chi connectivity index (χ1) is 31.6. The van der Waals surface area contributed by atoms with Crippen LogP contribution in [0.3, 0.4) is 0 Å². The van der Waals surface area contributed by atoms with Crippen LogP contribution in [0.25, 0.3) is 0 Å². The predicted octanol–water partition coefficient (Wildman–Crippen LogP) is 15.0. The second-order valence-electron chi connectivity index (χ2n) is 18.6. The first kappa shape index (κ1) is 62.9. The summed E-state index contributed by atoms with van der Waals surface area (Å²) in [7, 11) is -3.17. The number of hydrogen-bond donors (Lipinski definition) is 0. The minimum atomic E-state index is -3.17. The van der Waals surface area contributed by atoms with Crippen molar-refractivity contribution in [3.63, 3.8) is 0 Å². The second kappa shape index (κ2) is 48.4. The van der Waals surface area contributed by atoms with Gasteiger partial charge in [0.15, 0.2) is 6.10 Å². The fourth-order valence-corrected chi connectivity index (χ4v) is 8.46. The molecular formula is C53H99O11P. The van der Waals surface area contributed by atoms with Crippen molar-refractivity contribution < 1.29 is 52.1 Å². The second-order valence-corrected chi connectivity index (χ2v) is 19.3. The molecule has 0 aromatic carbocycles. The van der Waals surface area contributed by atoms with Crippen LogP contribution in [0.1, 0.15) is 285 Å². The lowest BCUT2D eigenvalue weighted by Crippen LogP contribution is -2.29. The van der Waals surface area contributed by atoms with Gasteiger partial charge in [0.05, 0.1) is 0 Å². The summed E-state index contributed by atoms with van der Waals surface area (Å²) in [5, 5.41) is 0. The van der Waals surface area contributed by atoms with Gasteiger partial charge in [-0.3, -0.25) is 19.2 Å². The van der Waals surface area contributed by atoms with E-state index in [4.69, 9.17) is 18.9 Å². The quantitative estimate of drug-likeness (QED) is 0.0248. The third-order valence-corrected chi connectivity index (χ3v) is 12.6. The summed E-state index contributed by atoms with van der Waals surface area (Å²) in [6.07, 6.45) is 38.5. The van der Waals surface area contributed by atoms with Gasteiger partial charge in [0.1, 0.15) is 25.4 Å². The number of carbonyl (C=O) groups is 4. The zero-order chi connectivity index (χ0) is 47.9. The smallest absolute Gasteiger partial charge is 0.488 e. The molecule has 12 heteroatoms. The van der Waals surface area contributed by atoms with Crippen LogP contribution in [0.2, 0.25) is 0 Å². The summed E-state index contributed by atoms with van der Waals surface area (Å²) in [5.41, 5.74) is 0. The number of rotatable bonds is 50. The highest BCUT2D eigenvalue weighted by molar-refractivity contribution is 7.30. The van der Waals surface area contributed by atoms with Crippen LogP contribution in [0, 0.1) is 0 Å². The molecule has 0 rings (SSSR count). The molecule has 0 N–H and O–H groups in total. The van der Waals surface area contributed by atoms with Crippen molar-refractivity contribution in [2.45, 2.75) is 303 Å². The first-order valence-corrected chi connectivity index (χ1v) is 28.3. The van der Waals surface area contributed by atoms with Gasteiger partial charge in [-0.2, -0.15) is 0 Å². The van der Waals surface area contributed by atoms with Crippen LogP contribution in [-0.4, -0.2) is 55.4 Å². The Morgan fingerprint density at radius 1 is 0.354 bits per heavy atom. The maximum absolute atomic E-state index is 12.7. The van der Waals surface area contributed by atoms with E-state index in [1.165, 1.54) is 128 Å². The lowest BCUT2D eigenvalue weighted by atomic mass is 10.0. The van der Waals surface area contributed by atoms with Crippen LogP contribution in [-0.2, 0) is 47.2 Å². The fourth-order valence-electron chi connectivity index (χ4n) is 8.17. The summed E-state index contributed by atoms with van der Waals surface area (Å²) in [6.45, 7) is 8.15. The Balaban J connectivity index is 4.48. The molecule has 0 spiro atoms. The normalized spacial score (nSPS) is 12.1. The summed E-state index contributed by atoms with van der Waals surface area (Å²) >= 11 is 0. The van der Waals surface area contributed by atoms with Crippen LogP contribution in [0.15, 0.2) is 0 Å². The molecule has 0 aliphatic rings. The van der Waals surface area contributed by atoms with Gasteiger partial charge in [-0.1, -0.05) is 182 Å². The van der Waals surface area contributed by atoms with E-state index in [1.54, 1.807) is 0 Å². The molecule has 0 fully saturated rings. The Hall–Kier alpha value is -2.10. The van der Waals surface area contributed by atoms with E-state index < -0.39 is 32.9 Å². The number of hydrogen-bond acceptors (Lipinski definition) is 11. The van der Waals surface area contributed by atoms with E-state index >= 15 is 0 Å². The van der Waals surface area contributed by atoms with E-state index in [-0.39, 0.29) is 43.6 Å². The molecule has 0 bridgehead atoms. The zero-order valence-corrected chi connectivity index (χ0v) is 43.3. The van der Waals surface area contributed by atoms with Crippen molar-refractivity contribution in [1.82, 2.24) is 0 Å². The molecular weight excluding hydrogens is 844 g/mol. The van der Waals surface area contributed by atoms with Crippen LogP contribution >= 0.6 is 8.25 Å². The molecule has 2 atom stereocenters. The van der Waals surface area contributed by atoms with Crippen LogP contribution in [0.5, 0.6) is 0 Å². The number of esters is 4. The van der Waals surface area contributed by atoms with Gasteiger partial charge < -0.3 is 23.8 Å². The monoisotopic (exact) mass is 943 g/mol. The molecule has 11 nitrogen and oxygen atoms in total. The van der Waals surface area contributed by atoms with E-state index in [1.807, 2.05) is 0 Å². The molecule has 2 unspecified atom stereocenters. The molecule has 0 aromatic heterocycles. The van der Waals surface area contributed by atoms with Crippen molar-refractivity contribution in [1.29, 1.82) is 0 Å². The lowest BCUT2D eigenvalue weighted by molar-refractivity contribution is -0.190. The van der Waals surface area contributed by atoms with E-state index in [0.717, 1.165) is 77.0 Å². The molecule has 0 amide bonds. The topological polar surface area (TPSA) is 155 Å². The van der Waals surface area contributed by atoms with Gasteiger partial charge in [-0.15, -0.1) is 4.52 Å². The van der Waals surface area contributed by atoms with Gasteiger partial charge in [-0.05, 0) is 81.6 Å². The van der Waals surface area contributed by atoms with Crippen molar-refractivity contribution >= 4 is 32.1 Å². The summed E-state index contributed by atoms with van der Waals surface area (Å²) in [6, 6.07) is 0. The molecule has 0 aliphatic carbocycles. The SMILES string of the molecule is CCCCCCCCC(CCCCCCCC)OC(=O)CCCCCCC(=O)OCC(CO[P+](=O)[O-])OC(=O)CCCCCCC(=O)OC(CCCCCCCC)CCCCCCCC. The predicted molar refractivity (Wildman–Crippen MR) is 262 cm³/mol. The molecule has 0 radical (unpaired) electrons. The molecule has 382 valence electrons. The number of unbranched alkanes of at least 4 members (excludes halogenated alkanes) is 26. The number of ether oxygens (including phenoxy) is 4. The Morgan fingerprint density at radius 2 is 0.615 bits per heavy atom. The third-order valence-electron chi connectivity index (χ3n) is 12.2. The van der Waals surface area contributed by atoms with Crippen molar-refractivity contribution in [2.75, 3.05) is 13.2 Å². The fraction of sp³-hybridized carbons (Fsp3) is 0.925. The largest absolute Gasteiger partial charge is 0.566 e. The molecule has 0 aliphatic heterocycles. The van der Waals surface area contributed by atoms with E-state index in [9.17, 15) is 28.6 Å². The summed E-state index contributed by atoms with van der Waals surface area (Å²) < 4.78 is 38.4. The summed E-state index contributed by atoms with van der Waals surface area (Å²) in [5.74, 6) is -1.28. The standard InChI is InChI=1S/C53H99O11P/c1-5-9-13-17-21-29-37-47(38-30-22-18-14-10-6-2)62-51(55)42-34-26-25-33-41-50(54)60-45-49(46-61-65(58)59)64-53(57)44-36-28-27-35-43-52(56)63-48(39-31-23-19-15-11-7-3)40-32-24-20-16-12-8-4/h47-49H,5-46H2,1-4H3. The highest BCUT2D eigenvalue weighted by atomic mass is 31.1. The average Bonchev–Trinajstić information content (AvgIpc) is 3.28. The minimum Gasteiger partial charge on any atom is -0.566 e. The zero-order valence-electron chi connectivity index (χ0n) is 42.4. The number of carbonyl (C=O) groups excluding carboxylic acids is 4. The Bertz CT molecular complexity index is 1100. The van der Waals surface area contributed by atoms with Crippen molar-refractivity contribution in [2.24, 2.45) is 0 Å². The minimum absolute atomic E-state index is 0.00302. The molecule has 0 heterocycles. The molecule has 0 aromatic rings. The Kier molecular flexibility index (Phi) is 46.8. The van der Waals surface area contributed by atoms with Crippen LogP contribution < -0.4 is 4.89 Å². The lowest BCUT2D eigenvalue weighted by Gasteiger charge is -2.18. The van der Waals surface area contributed by atoms with Gasteiger partial charge in [-0.25, -0.2) is 0 Å². The van der Waals surface area contributed by atoms with Crippen molar-refractivity contribution in [3.8, 4) is 0 Å². The van der Waals surface area contributed by atoms with Gasteiger partial charge in [0.25, 0.3) is 0 Å². The first-order valence-electron chi connectivity index (χ1n) is 27.2. The van der Waals surface area contributed by atoms with Gasteiger partial charge >= 0.3 is 32.1 Å². The van der Waals surface area contributed by atoms with Crippen LogP contribution in [0.4, 0.5) is 0 Å². The molecule has 65 heavy (non-hydrogen) atoms. The Morgan fingerprint density at radius 3 is 0.923 bits per heavy atom. The van der Waals surface area contributed by atoms with Gasteiger partial charge in [0, 0.05) is 25.7 Å². The van der Waals surface area contributed by atoms with E-state index in [2.05, 4.69) is 32.2 Å². The highest BCUT2D eigenvalue weighted by Gasteiger charge is 2.21. The molecule has 0 saturated carbocycles.